The van der Waals surface area contributed by atoms with Crippen LogP contribution in [-0.2, 0) is 12.1 Å². The second-order valence-corrected chi connectivity index (χ2v) is 8.92. The zero-order chi connectivity index (χ0) is 19.6. The first-order valence-electron chi connectivity index (χ1n) is 10.2. The number of likely N-dealkylation sites (N-methyl/N-ethyl adjacent to an activating group) is 1. The molecule has 146 valence electrons. The van der Waals surface area contributed by atoms with Crippen LogP contribution in [0.25, 0.3) is 10.9 Å². The number of fused-ring (bicyclic) bond motifs is 3. The lowest BCUT2D eigenvalue weighted by Crippen LogP contribution is -2.41. The Morgan fingerprint density at radius 3 is 2.61 bits per heavy atom. The number of piperidine rings is 1. The SMILES string of the molecule is Cc1ccc2c(c1)c1c(n2CC(C)(O)c2ccc(F)cc2)C2CCC1N(C)C2. The summed E-state index contributed by atoms with van der Waals surface area (Å²) in [6.45, 7) is 5.52. The Balaban J connectivity index is 1.68. The number of rotatable bonds is 3. The van der Waals surface area contributed by atoms with Crippen LogP contribution in [0.4, 0.5) is 4.39 Å². The molecular weight excluding hydrogens is 351 g/mol. The van der Waals surface area contributed by atoms with Crippen LogP contribution < -0.4 is 0 Å². The second kappa shape index (κ2) is 6.16. The molecule has 0 radical (unpaired) electrons. The summed E-state index contributed by atoms with van der Waals surface area (Å²) < 4.78 is 15.7. The Hall–Kier alpha value is -2.17. The van der Waals surface area contributed by atoms with Crippen LogP contribution in [0.5, 0.6) is 0 Å². The third-order valence-electron chi connectivity index (χ3n) is 6.78. The van der Waals surface area contributed by atoms with Crippen LogP contribution in [0.15, 0.2) is 42.5 Å². The maximum Gasteiger partial charge on any atom is 0.123 e. The van der Waals surface area contributed by atoms with Gasteiger partial charge >= 0.3 is 0 Å². The van der Waals surface area contributed by atoms with E-state index in [9.17, 15) is 9.50 Å². The maximum atomic E-state index is 13.4. The van der Waals surface area contributed by atoms with Crippen LogP contribution in [0, 0.1) is 12.7 Å². The van der Waals surface area contributed by atoms with Gasteiger partial charge in [-0.3, -0.25) is 4.90 Å². The molecule has 0 amide bonds. The van der Waals surface area contributed by atoms with Crippen molar-refractivity contribution in [1.29, 1.82) is 0 Å². The summed E-state index contributed by atoms with van der Waals surface area (Å²) in [6, 6.07) is 13.3. The molecule has 28 heavy (non-hydrogen) atoms. The van der Waals surface area contributed by atoms with E-state index in [0.29, 0.717) is 18.5 Å². The minimum atomic E-state index is -1.07. The van der Waals surface area contributed by atoms with Crippen LogP contribution in [-0.4, -0.2) is 28.2 Å². The standard InChI is InChI=1S/C24H27FN2O/c1-15-4-10-20-19(12-15)22-21-11-5-16(13-26(21)3)23(22)27(20)14-24(2,28)17-6-8-18(25)9-7-17/h4,6-10,12,16,21,28H,5,11,13-14H2,1-3H3. The molecule has 3 nitrogen and oxygen atoms in total. The van der Waals surface area contributed by atoms with Crippen LogP contribution in [0.2, 0.25) is 0 Å². The minimum Gasteiger partial charge on any atom is -0.384 e. The number of aliphatic hydroxyl groups is 1. The molecule has 2 aromatic carbocycles. The molecule has 3 atom stereocenters. The zero-order valence-electron chi connectivity index (χ0n) is 16.7. The summed E-state index contributed by atoms with van der Waals surface area (Å²) in [4.78, 5) is 2.49. The molecule has 2 aliphatic heterocycles. The van der Waals surface area contributed by atoms with Crippen molar-refractivity contribution >= 4 is 10.9 Å². The first-order chi connectivity index (χ1) is 13.3. The monoisotopic (exact) mass is 378 g/mol. The molecule has 1 aliphatic carbocycles. The first-order valence-corrected chi connectivity index (χ1v) is 10.2. The highest BCUT2D eigenvalue weighted by molar-refractivity contribution is 5.87. The third kappa shape index (κ3) is 2.62. The highest BCUT2D eigenvalue weighted by Gasteiger charge is 2.41. The van der Waals surface area contributed by atoms with Crippen LogP contribution >= 0.6 is 0 Å². The van der Waals surface area contributed by atoms with Crippen LogP contribution in [0.1, 0.15) is 54.1 Å². The lowest BCUT2D eigenvalue weighted by atomic mass is 9.78. The van der Waals surface area contributed by atoms with Crippen LogP contribution in [0.3, 0.4) is 0 Å². The van der Waals surface area contributed by atoms with Gasteiger partial charge in [0, 0.05) is 35.1 Å². The molecule has 3 aliphatic rings. The molecular formula is C24H27FN2O. The Bertz CT molecular complexity index is 1050. The van der Waals surface area contributed by atoms with E-state index < -0.39 is 5.60 Å². The topological polar surface area (TPSA) is 28.4 Å². The summed E-state index contributed by atoms with van der Waals surface area (Å²) in [5, 5.41) is 12.7. The molecule has 2 bridgehead atoms. The molecule has 3 aromatic rings. The highest BCUT2D eigenvalue weighted by atomic mass is 19.1. The van der Waals surface area contributed by atoms with Gasteiger partial charge in [-0.15, -0.1) is 0 Å². The molecule has 6 rings (SSSR count). The van der Waals surface area contributed by atoms with E-state index in [4.69, 9.17) is 0 Å². The normalized spacial score (nSPS) is 23.8. The summed E-state index contributed by atoms with van der Waals surface area (Å²) in [5.41, 5.74) is 5.00. The van der Waals surface area contributed by atoms with Gasteiger partial charge in [-0.05, 0) is 69.1 Å². The number of halogens is 1. The second-order valence-electron chi connectivity index (χ2n) is 8.92. The average molecular weight is 378 g/mol. The van der Waals surface area contributed by atoms with E-state index in [0.717, 1.165) is 12.1 Å². The van der Waals surface area contributed by atoms with E-state index in [1.165, 1.54) is 52.7 Å². The number of aromatic nitrogens is 1. The summed E-state index contributed by atoms with van der Waals surface area (Å²) in [5.74, 6) is 0.223. The van der Waals surface area contributed by atoms with Gasteiger partial charge in [0.1, 0.15) is 11.4 Å². The fourth-order valence-electron chi connectivity index (χ4n) is 5.42. The van der Waals surface area contributed by atoms with Gasteiger partial charge in [0.25, 0.3) is 0 Å². The minimum absolute atomic E-state index is 0.279. The van der Waals surface area contributed by atoms with Crippen molar-refractivity contribution < 1.29 is 9.50 Å². The van der Waals surface area contributed by atoms with Crippen molar-refractivity contribution in [3.8, 4) is 0 Å². The number of hydrogen-bond donors (Lipinski definition) is 1. The number of benzene rings is 2. The summed E-state index contributed by atoms with van der Waals surface area (Å²) >= 11 is 0. The Morgan fingerprint density at radius 2 is 1.89 bits per heavy atom. The van der Waals surface area contributed by atoms with E-state index in [1.54, 1.807) is 12.1 Å². The first kappa shape index (κ1) is 17.9. The zero-order valence-corrected chi connectivity index (χ0v) is 16.7. The number of aryl methyl sites for hydroxylation is 1. The predicted molar refractivity (Wildman–Crippen MR) is 110 cm³/mol. The van der Waals surface area contributed by atoms with Gasteiger partial charge in [0.05, 0.1) is 6.54 Å². The number of hydrogen-bond acceptors (Lipinski definition) is 2. The lowest BCUT2D eigenvalue weighted by molar-refractivity contribution is 0.0367. The van der Waals surface area contributed by atoms with E-state index in [2.05, 4.69) is 41.6 Å². The molecule has 4 heteroatoms. The van der Waals surface area contributed by atoms with Gasteiger partial charge in [0.2, 0.25) is 0 Å². The van der Waals surface area contributed by atoms with Crippen molar-refractivity contribution in [1.82, 2.24) is 9.47 Å². The Labute approximate surface area is 165 Å². The van der Waals surface area contributed by atoms with Gasteiger partial charge in [-0.2, -0.15) is 0 Å². The van der Waals surface area contributed by atoms with Crippen molar-refractivity contribution in [2.24, 2.45) is 0 Å². The maximum absolute atomic E-state index is 13.4. The molecule has 1 saturated heterocycles. The molecule has 1 fully saturated rings. The molecule has 1 aromatic heterocycles. The van der Waals surface area contributed by atoms with Gasteiger partial charge in [-0.25, -0.2) is 4.39 Å². The van der Waals surface area contributed by atoms with E-state index in [1.807, 2.05) is 6.92 Å². The fraction of sp³-hybridized carbons (Fsp3) is 0.417. The smallest absolute Gasteiger partial charge is 0.123 e. The van der Waals surface area contributed by atoms with E-state index in [-0.39, 0.29) is 5.82 Å². The van der Waals surface area contributed by atoms with Crippen molar-refractivity contribution in [3.05, 3.63) is 70.7 Å². The lowest BCUT2D eigenvalue weighted by Gasteiger charge is -2.44. The molecule has 1 N–H and O–H groups in total. The average Bonchev–Trinajstić information content (AvgIpc) is 2.97. The molecule has 0 spiro atoms. The van der Waals surface area contributed by atoms with E-state index >= 15 is 0 Å². The predicted octanol–water partition coefficient (Wildman–Crippen LogP) is 4.86. The Morgan fingerprint density at radius 1 is 1.14 bits per heavy atom. The fourth-order valence-corrected chi connectivity index (χ4v) is 5.42. The van der Waals surface area contributed by atoms with Crippen molar-refractivity contribution in [3.63, 3.8) is 0 Å². The van der Waals surface area contributed by atoms with Gasteiger partial charge in [-0.1, -0.05) is 23.8 Å². The quantitative estimate of drug-likeness (QED) is 0.705. The Kier molecular flexibility index (Phi) is 3.94. The molecule has 0 saturated carbocycles. The summed E-state index contributed by atoms with van der Waals surface area (Å²) in [6.07, 6.45) is 2.41. The molecule has 3 unspecified atom stereocenters. The van der Waals surface area contributed by atoms with Crippen molar-refractivity contribution in [2.45, 2.75) is 50.8 Å². The highest BCUT2D eigenvalue weighted by Crippen LogP contribution is 2.50. The molecule has 3 heterocycles. The van der Waals surface area contributed by atoms with Gasteiger partial charge < -0.3 is 9.67 Å². The third-order valence-corrected chi connectivity index (χ3v) is 6.78. The summed E-state index contributed by atoms with van der Waals surface area (Å²) in [7, 11) is 2.23. The van der Waals surface area contributed by atoms with Gasteiger partial charge in [0.15, 0.2) is 0 Å². The largest absolute Gasteiger partial charge is 0.384 e. The number of nitrogens with zero attached hydrogens (tertiary/aromatic N) is 2. The van der Waals surface area contributed by atoms with Crippen molar-refractivity contribution in [2.75, 3.05) is 13.6 Å².